The fraction of sp³-hybridized carbons (Fsp3) is 0.571. The van der Waals surface area contributed by atoms with Gasteiger partial charge in [0.05, 0.1) is 6.10 Å². The number of carbonyl (C=O) groups is 1. The summed E-state index contributed by atoms with van der Waals surface area (Å²) >= 11 is 0. The van der Waals surface area contributed by atoms with Crippen LogP contribution in [0.2, 0.25) is 0 Å². The number of aliphatic hydroxyl groups excluding tert-OH is 1. The van der Waals surface area contributed by atoms with E-state index < -0.39 is 6.10 Å². The highest BCUT2D eigenvalue weighted by atomic mass is 16.3. The van der Waals surface area contributed by atoms with Crippen LogP contribution in [-0.2, 0) is 4.79 Å². The summed E-state index contributed by atoms with van der Waals surface area (Å²) in [5.74, 6) is -0.164. The summed E-state index contributed by atoms with van der Waals surface area (Å²) in [4.78, 5) is 10.6. The lowest BCUT2D eigenvalue weighted by molar-refractivity contribution is -0.116. The Balaban J connectivity index is 3.40. The number of hydrogen-bond acceptors (Lipinski definition) is 2. The maximum absolute atomic E-state index is 10.6. The van der Waals surface area contributed by atoms with Gasteiger partial charge in [-0.25, -0.2) is 0 Å². The van der Waals surface area contributed by atoms with Gasteiger partial charge in [-0.3, -0.25) is 4.79 Å². The summed E-state index contributed by atoms with van der Waals surface area (Å²) in [6.07, 6.45) is 2.59. The Morgan fingerprint density at radius 2 is 2.40 bits per heavy atom. The van der Waals surface area contributed by atoms with E-state index in [4.69, 9.17) is 5.11 Å². The maximum Gasteiger partial charge on any atom is 0.243 e. The Labute approximate surface area is 60.7 Å². The quantitative estimate of drug-likeness (QED) is 0.549. The molecular weight excluding hydrogens is 130 g/mol. The van der Waals surface area contributed by atoms with E-state index in [0.717, 1.165) is 0 Å². The van der Waals surface area contributed by atoms with Crippen molar-refractivity contribution in [2.24, 2.45) is 0 Å². The largest absolute Gasteiger partial charge is 0.392 e. The van der Waals surface area contributed by atoms with Crippen LogP contribution in [0, 0.1) is 0 Å². The zero-order chi connectivity index (χ0) is 7.98. The molecule has 0 saturated heterocycles. The summed E-state index contributed by atoms with van der Waals surface area (Å²) in [7, 11) is 0. The number of aliphatic hydroxyl groups is 1. The third-order valence-corrected chi connectivity index (χ3v) is 0.890. The second-order valence-corrected chi connectivity index (χ2v) is 2.09. The predicted molar refractivity (Wildman–Crippen MR) is 39.5 cm³/mol. The highest BCUT2D eigenvalue weighted by Gasteiger charge is 1.96. The zero-order valence-corrected chi connectivity index (χ0v) is 6.29. The first-order valence-electron chi connectivity index (χ1n) is 3.25. The Morgan fingerprint density at radius 3 is 2.80 bits per heavy atom. The van der Waals surface area contributed by atoms with Crippen molar-refractivity contribution in [2.45, 2.75) is 20.0 Å². The fourth-order valence-electron chi connectivity index (χ4n) is 0.459. The van der Waals surface area contributed by atoms with E-state index in [9.17, 15) is 4.79 Å². The van der Waals surface area contributed by atoms with Crippen LogP contribution in [0.3, 0.4) is 0 Å². The van der Waals surface area contributed by atoms with Gasteiger partial charge in [0.15, 0.2) is 0 Å². The number of rotatable bonds is 3. The molecule has 0 radical (unpaired) electrons. The van der Waals surface area contributed by atoms with Gasteiger partial charge in [0.25, 0.3) is 0 Å². The summed E-state index contributed by atoms with van der Waals surface area (Å²) in [6.45, 7) is 3.70. The van der Waals surface area contributed by atoms with E-state index >= 15 is 0 Å². The highest BCUT2D eigenvalue weighted by Crippen LogP contribution is 1.76. The van der Waals surface area contributed by atoms with E-state index in [2.05, 4.69) is 5.32 Å². The van der Waals surface area contributed by atoms with E-state index in [-0.39, 0.29) is 5.91 Å². The molecule has 1 atom stereocenters. The topological polar surface area (TPSA) is 49.3 Å². The Bertz CT molecular complexity index is 130. The number of nitrogens with one attached hydrogen (secondary N) is 1. The van der Waals surface area contributed by atoms with Crippen molar-refractivity contribution in [3.05, 3.63) is 12.2 Å². The smallest absolute Gasteiger partial charge is 0.243 e. The maximum atomic E-state index is 10.6. The summed E-state index contributed by atoms with van der Waals surface area (Å²) in [6, 6.07) is 0. The van der Waals surface area contributed by atoms with Gasteiger partial charge in [0.2, 0.25) is 5.91 Å². The molecular formula is C7H13NO2. The first-order valence-corrected chi connectivity index (χ1v) is 3.25. The molecule has 0 saturated carbocycles. The average Bonchev–Trinajstić information content (AvgIpc) is 1.85. The van der Waals surface area contributed by atoms with E-state index in [0.29, 0.717) is 6.54 Å². The van der Waals surface area contributed by atoms with Crippen molar-refractivity contribution in [3.8, 4) is 0 Å². The molecule has 1 unspecified atom stereocenters. The first kappa shape index (κ1) is 9.17. The molecule has 0 bridgehead atoms. The van der Waals surface area contributed by atoms with Crippen LogP contribution in [0.5, 0.6) is 0 Å². The number of amides is 1. The molecule has 1 amide bonds. The molecule has 3 nitrogen and oxygen atoms in total. The highest BCUT2D eigenvalue weighted by molar-refractivity contribution is 5.87. The molecule has 0 rings (SSSR count). The van der Waals surface area contributed by atoms with Crippen molar-refractivity contribution >= 4 is 5.91 Å². The fourth-order valence-corrected chi connectivity index (χ4v) is 0.459. The number of hydrogen-bond donors (Lipinski definition) is 2. The molecule has 2 N–H and O–H groups in total. The second kappa shape index (κ2) is 4.99. The third kappa shape index (κ3) is 5.31. The van der Waals surface area contributed by atoms with Crippen molar-refractivity contribution in [3.63, 3.8) is 0 Å². The minimum atomic E-state index is -0.478. The van der Waals surface area contributed by atoms with Gasteiger partial charge >= 0.3 is 0 Å². The molecule has 0 aliphatic carbocycles. The van der Waals surface area contributed by atoms with Crippen LogP contribution >= 0.6 is 0 Å². The standard InChI is InChI=1S/C7H13NO2/c1-3-4-7(10)8-5-6(2)9/h3-4,6,9H,5H2,1-2H3,(H,8,10)/b4-3+. The monoisotopic (exact) mass is 143 g/mol. The van der Waals surface area contributed by atoms with E-state index in [1.54, 1.807) is 19.9 Å². The van der Waals surface area contributed by atoms with Gasteiger partial charge in [-0.15, -0.1) is 0 Å². The SMILES string of the molecule is C/C=C/C(=O)NCC(C)O. The van der Waals surface area contributed by atoms with Gasteiger partial charge in [-0.2, -0.15) is 0 Å². The summed E-state index contributed by atoms with van der Waals surface area (Å²) in [5, 5.41) is 11.2. The molecule has 58 valence electrons. The van der Waals surface area contributed by atoms with Crippen LogP contribution in [0.15, 0.2) is 12.2 Å². The minimum absolute atomic E-state index is 0.164. The van der Waals surface area contributed by atoms with Gasteiger partial charge in [-0.1, -0.05) is 6.08 Å². The second-order valence-electron chi connectivity index (χ2n) is 2.09. The summed E-state index contributed by atoms with van der Waals surface area (Å²) in [5.41, 5.74) is 0. The number of carbonyl (C=O) groups excluding carboxylic acids is 1. The molecule has 0 aliphatic heterocycles. The van der Waals surface area contributed by atoms with Gasteiger partial charge in [0, 0.05) is 6.54 Å². The lowest BCUT2D eigenvalue weighted by atomic mass is 10.4. The minimum Gasteiger partial charge on any atom is -0.392 e. The average molecular weight is 143 g/mol. The van der Waals surface area contributed by atoms with Gasteiger partial charge < -0.3 is 10.4 Å². The van der Waals surface area contributed by atoms with Crippen molar-refractivity contribution < 1.29 is 9.90 Å². The number of allylic oxidation sites excluding steroid dienone is 1. The third-order valence-electron chi connectivity index (χ3n) is 0.890. The van der Waals surface area contributed by atoms with Crippen molar-refractivity contribution in [1.29, 1.82) is 0 Å². The molecule has 0 aromatic rings. The van der Waals surface area contributed by atoms with Gasteiger partial charge in [0.1, 0.15) is 0 Å². The van der Waals surface area contributed by atoms with Crippen LogP contribution in [-0.4, -0.2) is 23.7 Å². The Kier molecular flexibility index (Phi) is 4.58. The van der Waals surface area contributed by atoms with Crippen LogP contribution in [0.4, 0.5) is 0 Å². The predicted octanol–water partition coefficient (Wildman–Crippen LogP) is 0.0595. The molecule has 0 aromatic carbocycles. The zero-order valence-electron chi connectivity index (χ0n) is 6.29. The Morgan fingerprint density at radius 1 is 1.80 bits per heavy atom. The van der Waals surface area contributed by atoms with Crippen LogP contribution in [0.1, 0.15) is 13.8 Å². The van der Waals surface area contributed by atoms with Crippen LogP contribution < -0.4 is 5.32 Å². The lowest BCUT2D eigenvalue weighted by Gasteiger charge is -2.02. The first-order chi connectivity index (χ1) is 4.66. The molecule has 0 spiro atoms. The lowest BCUT2D eigenvalue weighted by Crippen LogP contribution is -2.28. The van der Waals surface area contributed by atoms with Gasteiger partial charge in [-0.05, 0) is 19.9 Å². The molecule has 0 heterocycles. The Hall–Kier alpha value is -0.830. The normalized spacial score (nSPS) is 13.5. The molecule has 0 aliphatic rings. The molecule has 0 fully saturated rings. The molecule has 0 aromatic heterocycles. The molecule has 10 heavy (non-hydrogen) atoms. The molecule has 3 heteroatoms. The van der Waals surface area contributed by atoms with Crippen molar-refractivity contribution in [2.75, 3.05) is 6.54 Å². The summed E-state index contributed by atoms with van der Waals surface area (Å²) < 4.78 is 0. The van der Waals surface area contributed by atoms with E-state index in [1.807, 2.05) is 0 Å². The van der Waals surface area contributed by atoms with Crippen LogP contribution in [0.25, 0.3) is 0 Å². The van der Waals surface area contributed by atoms with E-state index in [1.165, 1.54) is 6.08 Å². The van der Waals surface area contributed by atoms with Crippen molar-refractivity contribution in [1.82, 2.24) is 5.32 Å².